The highest BCUT2D eigenvalue weighted by molar-refractivity contribution is 5.79. The Hall–Kier alpha value is -0.490. The molecule has 0 aromatic carbocycles. The fourth-order valence-electron chi connectivity index (χ4n) is 4.63. The first-order valence-electron chi connectivity index (χ1n) is 8.36. The van der Waals surface area contributed by atoms with Crippen molar-refractivity contribution in [2.24, 2.45) is 17.6 Å². The van der Waals surface area contributed by atoms with Gasteiger partial charge < -0.3 is 15.2 Å². The summed E-state index contributed by atoms with van der Waals surface area (Å²) in [5, 5.41) is 0. The number of ether oxygens (including phenoxy) is 2. The Morgan fingerprint density at radius 2 is 2.10 bits per heavy atom. The van der Waals surface area contributed by atoms with E-state index < -0.39 is 5.79 Å². The van der Waals surface area contributed by atoms with Gasteiger partial charge in [-0.2, -0.15) is 0 Å². The third-order valence-electron chi connectivity index (χ3n) is 5.54. The molecule has 2 saturated heterocycles. The Kier molecular flexibility index (Phi) is 4.37. The van der Waals surface area contributed by atoms with Gasteiger partial charge in [0.05, 0.1) is 19.4 Å². The summed E-state index contributed by atoms with van der Waals surface area (Å²) in [6, 6.07) is 0.404. The maximum atomic E-state index is 12.1. The topological polar surface area (TPSA) is 64.8 Å². The molecule has 120 valence electrons. The molecular formula is C16H28N2O3. The zero-order chi connectivity index (χ0) is 15.0. The molecule has 1 aliphatic carbocycles. The second-order valence-electron chi connectivity index (χ2n) is 6.84. The van der Waals surface area contributed by atoms with Crippen LogP contribution in [0.2, 0.25) is 0 Å². The molecule has 1 saturated carbocycles. The Balaban J connectivity index is 1.83. The van der Waals surface area contributed by atoms with Crippen molar-refractivity contribution < 1.29 is 14.3 Å². The summed E-state index contributed by atoms with van der Waals surface area (Å²) >= 11 is 0. The van der Waals surface area contributed by atoms with E-state index >= 15 is 0 Å². The first-order valence-corrected chi connectivity index (χ1v) is 8.36. The standard InChI is InChI=1S/C16H28N2O3/c1-3-6-18-14-4-5-16(20-7-8-21-16)10-13(14)12(11(2)19)9-15(18)17/h12-15H,3-10,17H2,1-2H3/t12-,13+,14-,15?/m0/s1. The summed E-state index contributed by atoms with van der Waals surface area (Å²) in [4.78, 5) is 14.5. The number of nitrogens with two attached hydrogens (primary N) is 1. The lowest BCUT2D eigenvalue weighted by atomic mass is 9.68. The van der Waals surface area contributed by atoms with Crippen LogP contribution in [0.5, 0.6) is 0 Å². The van der Waals surface area contributed by atoms with Crippen molar-refractivity contribution in [3.63, 3.8) is 0 Å². The molecular weight excluding hydrogens is 268 g/mol. The number of hydrogen-bond acceptors (Lipinski definition) is 5. The monoisotopic (exact) mass is 296 g/mol. The molecule has 0 bridgehead atoms. The summed E-state index contributed by atoms with van der Waals surface area (Å²) in [6.45, 7) is 6.27. The van der Waals surface area contributed by atoms with Crippen LogP contribution in [-0.4, -0.2) is 48.4 Å². The molecule has 21 heavy (non-hydrogen) atoms. The fourth-order valence-corrected chi connectivity index (χ4v) is 4.63. The van der Waals surface area contributed by atoms with E-state index in [-0.39, 0.29) is 17.9 Å². The maximum Gasteiger partial charge on any atom is 0.168 e. The third-order valence-corrected chi connectivity index (χ3v) is 5.54. The highest BCUT2D eigenvalue weighted by Gasteiger charge is 2.52. The third kappa shape index (κ3) is 2.77. The van der Waals surface area contributed by atoms with Gasteiger partial charge in [0, 0.05) is 24.8 Å². The lowest BCUT2D eigenvalue weighted by Gasteiger charge is -2.53. The molecule has 3 aliphatic rings. The lowest BCUT2D eigenvalue weighted by molar-refractivity contribution is -0.210. The molecule has 3 fully saturated rings. The number of hydrogen-bond donors (Lipinski definition) is 1. The van der Waals surface area contributed by atoms with E-state index in [1.807, 2.05) is 0 Å². The Labute approximate surface area is 127 Å². The molecule has 0 amide bonds. The quantitative estimate of drug-likeness (QED) is 0.855. The summed E-state index contributed by atoms with van der Waals surface area (Å²) in [5.41, 5.74) is 6.36. The van der Waals surface area contributed by atoms with Gasteiger partial charge in [-0.3, -0.25) is 9.69 Å². The number of nitrogens with zero attached hydrogens (tertiary/aromatic N) is 1. The summed E-state index contributed by atoms with van der Waals surface area (Å²) in [5.74, 6) is 0.226. The minimum absolute atomic E-state index is 0.0135. The molecule has 5 heteroatoms. The number of carbonyl (C=O) groups is 1. The average Bonchev–Trinajstić information content (AvgIpc) is 2.89. The van der Waals surface area contributed by atoms with Crippen LogP contribution >= 0.6 is 0 Å². The van der Waals surface area contributed by atoms with Gasteiger partial charge in [-0.1, -0.05) is 6.92 Å². The Bertz CT molecular complexity index is 395. The van der Waals surface area contributed by atoms with Crippen LogP contribution in [0.4, 0.5) is 0 Å². The molecule has 2 heterocycles. The van der Waals surface area contributed by atoms with E-state index in [1.165, 1.54) is 0 Å². The van der Waals surface area contributed by atoms with Crippen molar-refractivity contribution >= 4 is 5.78 Å². The molecule has 2 aliphatic heterocycles. The van der Waals surface area contributed by atoms with Crippen molar-refractivity contribution in [2.45, 2.75) is 63.9 Å². The Morgan fingerprint density at radius 3 is 2.71 bits per heavy atom. The molecule has 1 spiro atoms. The number of piperidine rings is 1. The number of rotatable bonds is 3. The number of Topliss-reactive ketones (excluding diaryl/α,β-unsaturated/α-hetero) is 1. The van der Waals surface area contributed by atoms with E-state index in [0.717, 1.165) is 38.6 Å². The van der Waals surface area contributed by atoms with Crippen molar-refractivity contribution in [1.29, 1.82) is 0 Å². The predicted octanol–water partition coefficient (Wildman–Crippen LogP) is 1.50. The van der Waals surface area contributed by atoms with Crippen LogP contribution in [0, 0.1) is 11.8 Å². The summed E-state index contributed by atoms with van der Waals surface area (Å²) < 4.78 is 11.8. The van der Waals surface area contributed by atoms with Crippen LogP contribution in [0.15, 0.2) is 0 Å². The molecule has 0 aromatic rings. The van der Waals surface area contributed by atoms with E-state index in [4.69, 9.17) is 15.2 Å². The fraction of sp³-hybridized carbons (Fsp3) is 0.938. The van der Waals surface area contributed by atoms with Crippen LogP contribution in [0.25, 0.3) is 0 Å². The van der Waals surface area contributed by atoms with Gasteiger partial charge in [0.15, 0.2) is 5.79 Å². The highest BCUT2D eigenvalue weighted by Crippen LogP contribution is 2.47. The molecule has 3 rings (SSSR count). The van der Waals surface area contributed by atoms with Crippen LogP contribution < -0.4 is 5.73 Å². The second-order valence-corrected chi connectivity index (χ2v) is 6.84. The first kappa shape index (κ1) is 15.4. The van der Waals surface area contributed by atoms with E-state index in [2.05, 4.69) is 11.8 Å². The van der Waals surface area contributed by atoms with E-state index in [1.54, 1.807) is 6.92 Å². The van der Waals surface area contributed by atoms with E-state index in [9.17, 15) is 4.79 Å². The number of carbonyl (C=O) groups excluding carboxylic acids is 1. The molecule has 5 nitrogen and oxygen atoms in total. The second kappa shape index (κ2) is 5.95. The molecule has 4 atom stereocenters. The summed E-state index contributed by atoms with van der Waals surface area (Å²) in [7, 11) is 0. The number of likely N-dealkylation sites (tertiary alicyclic amines) is 1. The Morgan fingerprint density at radius 1 is 1.38 bits per heavy atom. The predicted molar refractivity (Wildman–Crippen MR) is 79.5 cm³/mol. The van der Waals surface area contributed by atoms with Crippen LogP contribution in [-0.2, 0) is 14.3 Å². The molecule has 1 unspecified atom stereocenters. The highest BCUT2D eigenvalue weighted by atomic mass is 16.7. The van der Waals surface area contributed by atoms with Gasteiger partial charge in [-0.05, 0) is 38.6 Å². The van der Waals surface area contributed by atoms with Crippen molar-refractivity contribution in [3.8, 4) is 0 Å². The van der Waals surface area contributed by atoms with Crippen LogP contribution in [0.3, 0.4) is 0 Å². The van der Waals surface area contributed by atoms with Gasteiger partial charge in [0.2, 0.25) is 0 Å². The number of ketones is 1. The van der Waals surface area contributed by atoms with Gasteiger partial charge in [-0.15, -0.1) is 0 Å². The van der Waals surface area contributed by atoms with E-state index in [0.29, 0.717) is 25.2 Å². The van der Waals surface area contributed by atoms with Gasteiger partial charge in [-0.25, -0.2) is 0 Å². The normalized spacial score (nSPS) is 39.4. The lowest BCUT2D eigenvalue weighted by Crippen LogP contribution is -2.62. The zero-order valence-electron chi connectivity index (χ0n) is 13.2. The smallest absolute Gasteiger partial charge is 0.168 e. The summed E-state index contributed by atoms with van der Waals surface area (Å²) in [6.07, 6.45) is 4.66. The van der Waals surface area contributed by atoms with Crippen molar-refractivity contribution in [1.82, 2.24) is 4.90 Å². The SMILES string of the molecule is CCCN1C(N)C[C@@H](C(C)=O)[C@H]2CC3(CC[C@@H]21)OCCO3. The zero-order valence-corrected chi connectivity index (χ0v) is 13.2. The average molecular weight is 296 g/mol. The molecule has 0 radical (unpaired) electrons. The molecule has 2 N–H and O–H groups in total. The van der Waals surface area contributed by atoms with Gasteiger partial charge >= 0.3 is 0 Å². The van der Waals surface area contributed by atoms with Crippen molar-refractivity contribution in [2.75, 3.05) is 19.8 Å². The minimum atomic E-state index is -0.422. The maximum absolute atomic E-state index is 12.1. The first-order chi connectivity index (χ1) is 10.1. The van der Waals surface area contributed by atoms with Crippen LogP contribution in [0.1, 0.15) is 46.0 Å². The molecule has 0 aromatic heterocycles. The van der Waals surface area contributed by atoms with Crippen molar-refractivity contribution in [3.05, 3.63) is 0 Å². The number of fused-ring (bicyclic) bond motifs is 1. The van der Waals surface area contributed by atoms with Gasteiger partial charge in [0.1, 0.15) is 5.78 Å². The van der Waals surface area contributed by atoms with Gasteiger partial charge in [0.25, 0.3) is 0 Å². The minimum Gasteiger partial charge on any atom is -0.348 e. The largest absolute Gasteiger partial charge is 0.348 e.